The molecule has 1 amide bonds. The first kappa shape index (κ1) is 14.6. The molecular weight excluding hydrogens is 308 g/mol. The lowest BCUT2D eigenvalue weighted by Crippen LogP contribution is -2.56. The summed E-state index contributed by atoms with van der Waals surface area (Å²) >= 11 is 5.99. The normalized spacial score (nSPS) is 14.6. The van der Waals surface area contributed by atoms with Crippen LogP contribution in [0.25, 0.3) is 0 Å². The number of methoxy groups -OCH3 is 1. The largest absolute Gasteiger partial charge is 0.479 e. The van der Waals surface area contributed by atoms with Crippen molar-refractivity contribution in [3.05, 3.63) is 35.1 Å². The van der Waals surface area contributed by atoms with Gasteiger partial charge >= 0.3 is 0 Å². The third-order valence-electron chi connectivity index (χ3n) is 3.36. The molecule has 0 bridgehead atoms. The number of hydrogen-bond donors (Lipinski definition) is 0. The SMILES string of the molecule is COc1nn(C)cc1C(=O)N1CC(Oc2ncccc2Cl)C1. The standard InChI is InChI=1S/C14H15ClN4O3/c1-18-8-10(12(17-18)21-2)14(20)19-6-9(7-19)22-13-11(15)4-3-5-16-13/h3-5,8-9H,6-7H2,1-2H3. The molecule has 116 valence electrons. The Kier molecular flexibility index (Phi) is 3.89. The van der Waals surface area contributed by atoms with Crippen LogP contribution in [0.3, 0.4) is 0 Å². The maximum Gasteiger partial charge on any atom is 0.261 e. The number of aryl methyl sites for hydroxylation is 1. The predicted octanol–water partition coefficient (Wildman–Crippen LogP) is 1.38. The van der Waals surface area contributed by atoms with Gasteiger partial charge in [0.15, 0.2) is 0 Å². The van der Waals surface area contributed by atoms with E-state index in [0.29, 0.717) is 35.4 Å². The van der Waals surface area contributed by atoms with Crippen molar-refractivity contribution in [2.24, 2.45) is 7.05 Å². The number of rotatable bonds is 4. The van der Waals surface area contributed by atoms with Crippen molar-refractivity contribution in [3.63, 3.8) is 0 Å². The summed E-state index contributed by atoms with van der Waals surface area (Å²) in [4.78, 5) is 18.1. The van der Waals surface area contributed by atoms with Gasteiger partial charge in [-0.25, -0.2) is 4.98 Å². The molecule has 1 fully saturated rings. The number of hydrogen-bond acceptors (Lipinski definition) is 5. The fourth-order valence-corrected chi connectivity index (χ4v) is 2.40. The highest BCUT2D eigenvalue weighted by Gasteiger charge is 2.35. The summed E-state index contributed by atoms with van der Waals surface area (Å²) in [5, 5.41) is 4.54. The molecule has 2 aromatic heterocycles. The smallest absolute Gasteiger partial charge is 0.261 e. The number of carbonyl (C=O) groups is 1. The number of amides is 1. The van der Waals surface area contributed by atoms with Crippen molar-refractivity contribution < 1.29 is 14.3 Å². The van der Waals surface area contributed by atoms with Crippen LogP contribution in [0.4, 0.5) is 0 Å². The van der Waals surface area contributed by atoms with Gasteiger partial charge < -0.3 is 14.4 Å². The minimum Gasteiger partial charge on any atom is -0.479 e. The molecule has 0 aromatic carbocycles. The van der Waals surface area contributed by atoms with E-state index in [1.807, 2.05) is 0 Å². The Bertz CT molecular complexity index is 697. The number of pyridine rings is 1. The number of ether oxygens (including phenoxy) is 2. The van der Waals surface area contributed by atoms with Crippen LogP contribution in [0, 0.1) is 0 Å². The molecular formula is C14H15ClN4O3. The predicted molar refractivity (Wildman–Crippen MR) is 79.3 cm³/mol. The first-order chi connectivity index (χ1) is 10.6. The number of carbonyl (C=O) groups excluding carboxylic acids is 1. The third-order valence-corrected chi connectivity index (χ3v) is 3.64. The van der Waals surface area contributed by atoms with Crippen molar-refractivity contribution in [2.45, 2.75) is 6.10 Å². The Morgan fingerprint density at radius 1 is 1.41 bits per heavy atom. The summed E-state index contributed by atoms with van der Waals surface area (Å²) < 4.78 is 12.3. The van der Waals surface area contributed by atoms with Gasteiger partial charge in [-0.2, -0.15) is 0 Å². The topological polar surface area (TPSA) is 69.5 Å². The molecule has 7 nitrogen and oxygen atoms in total. The van der Waals surface area contributed by atoms with Gasteiger partial charge in [0.05, 0.1) is 20.2 Å². The van der Waals surface area contributed by atoms with Gasteiger partial charge in [-0.05, 0) is 12.1 Å². The van der Waals surface area contributed by atoms with E-state index in [4.69, 9.17) is 21.1 Å². The molecule has 0 atom stereocenters. The van der Waals surface area contributed by atoms with E-state index in [2.05, 4.69) is 10.1 Å². The highest BCUT2D eigenvalue weighted by molar-refractivity contribution is 6.31. The van der Waals surface area contributed by atoms with Crippen molar-refractivity contribution in [2.75, 3.05) is 20.2 Å². The molecule has 0 saturated carbocycles. The van der Waals surface area contributed by atoms with Gasteiger partial charge in [-0.1, -0.05) is 11.6 Å². The summed E-state index contributed by atoms with van der Waals surface area (Å²) in [5.41, 5.74) is 0.444. The van der Waals surface area contributed by atoms with Crippen LogP contribution in [0.1, 0.15) is 10.4 Å². The van der Waals surface area contributed by atoms with Crippen molar-refractivity contribution in [1.29, 1.82) is 0 Å². The lowest BCUT2D eigenvalue weighted by atomic mass is 10.1. The molecule has 1 aliphatic rings. The summed E-state index contributed by atoms with van der Waals surface area (Å²) in [6.07, 6.45) is 3.15. The minimum absolute atomic E-state index is 0.112. The highest BCUT2D eigenvalue weighted by atomic mass is 35.5. The third kappa shape index (κ3) is 2.71. The van der Waals surface area contributed by atoms with Gasteiger partial charge in [0.2, 0.25) is 11.8 Å². The van der Waals surface area contributed by atoms with Crippen LogP contribution >= 0.6 is 11.6 Å². The molecule has 0 spiro atoms. The van der Waals surface area contributed by atoms with Crippen molar-refractivity contribution in [1.82, 2.24) is 19.7 Å². The van der Waals surface area contributed by atoms with Gasteiger partial charge in [0.25, 0.3) is 5.91 Å². The molecule has 3 rings (SSSR count). The van der Waals surface area contributed by atoms with E-state index in [9.17, 15) is 4.79 Å². The van der Waals surface area contributed by atoms with Gasteiger partial charge in [0.1, 0.15) is 16.7 Å². The molecule has 0 N–H and O–H groups in total. The van der Waals surface area contributed by atoms with E-state index in [0.717, 1.165) is 0 Å². The fraction of sp³-hybridized carbons (Fsp3) is 0.357. The average Bonchev–Trinajstić information content (AvgIpc) is 2.84. The zero-order chi connectivity index (χ0) is 15.7. The van der Waals surface area contributed by atoms with Crippen LogP contribution in [0.2, 0.25) is 5.02 Å². The molecule has 3 heterocycles. The maximum atomic E-state index is 12.4. The van der Waals surface area contributed by atoms with E-state index in [1.165, 1.54) is 7.11 Å². The Balaban J connectivity index is 1.61. The molecule has 0 radical (unpaired) electrons. The zero-order valence-electron chi connectivity index (χ0n) is 12.2. The van der Waals surface area contributed by atoms with E-state index in [1.54, 1.807) is 41.2 Å². The Hall–Kier alpha value is -2.28. The fourth-order valence-electron chi connectivity index (χ4n) is 2.23. The minimum atomic E-state index is -0.128. The molecule has 22 heavy (non-hydrogen) atoms. The van der Waals surface area contributed by atoms with Crippen LogP contribution < -0.4 is 9.47 Å². The quantitative estimate of drug-likeness (QED) is 0.850. The van der Waals surface area contributed by atoms with E-state index in [-0.39, 0.29) is 12.0 Å². The molecule has 2 aromatic rings. The van der Waals surface area contributed by atoms with Gasteiger partial charge in [-0.3, -0.25) is 9.48 Å². The summed E-state index contributed by atoms with van der Waals surface area (Å²) in [7, 11) is 3.23. The number of likely N-dealkylation sites (tertiary alicyclic amines) is 1. The zero-order valence-corrected chi connectivity index (χ0v) is 12.9. The molecule has 1 aliphatic heterocycles. The second-order valence-electron chi connectivity index (χ2n) is 4.97. The lowest BCUT2D eigenvalue weighted by molar-refractivity contribution is 0.0158. The Morgan fingerprint density at radius 3 is 2.86 bits per heavy atom. The Morgan fingerprint density at radius 2 is 2.18 bits per heavy atom. The molecule has 0 aliphatic carbocycles. The number of halogens is 1. The van der Waals surface area contributed by atoms with Crippen LogP contribution in [-0.2, 0) is 7.05 Å². The van der Waals surface area contributed by atoms with Gasteiger partial charge in [0, 0.05) is 19.4 Å². The van der Waals surface area contributed by atoms with Crippen LogP contribution in [-0.4, -0.2) is 51.9 Å². The average molecular weight is 323 g/mol. The molecule has 8 heteroatoms. The van der Waals surface area contributed by atoms with Crippen LogP contribution in [0.15, 0.2) is 24.5 Å². The summed E-state index contributed by atoms with van der Waals surface area (Å²) in [6, 6.07) is 3.45. The second-order valence-corrected chi connectivity index (χ2v) is 5.37. The number of nitrogens with zero attached hydrogens (tertiary/aromatic N) is 4. The first-order valence-corrected chi connectivity index (χ1v) is 7.10. The van der Waals surface area contributed by atoms with Crippen molar-refractivity contribution in [3.8, 4) is 11.8 Å². The molecule has 1 saturated heterocycles. The summed E-state index contributed by atoms with van der Waals surface area (Å²) in [6.45, 7) is 0.952. The second kappa shape index (κ2) is 5.84. The summed E-state index contributed by atoms with van der Waals surface area (Å²) in [5.74, 6) is 0.585. The first-order valence-electron chi connectivity index (χ1n) is 6.72. The maximum absolute atomic E-state index is 12.4. The lowest BCUT2D eigenvalue weighted by Gasteiger charge is -2.38. The Labute approximate surface area is 132 Å². The monoisotopic (exact) mass is 322 g/mol. The van der Waals surface area contributed by atoms with Crippen molar-refractivity contribution >= 4 is 17.5 Å². The highest BCUT2D eigenvalue weighted by Crippen LogP contribution is 2.26. The molecule has 0 unspecified atom stereocenters. The van der Waals surface area contributed by atoms with E-state index < -0.39 is 0 Å². The van der Waals surface area contributed by atoms with Crippen LogP contribution in [0.5, 0.6) is 11.8 Å². The van der Waals surface area contributed by atoms with Gasteiger partial charge in [-0.15, -0.1) is 5.10 Å². The van der Waals surface area contributed by atoms with E-state index >= 15 is 0 Å². The number of aromatic nitrogens is 3.